The Morgan fingerprint density at radius 2 is 1.96 bits per heavy atom. The van der Waals surface area contributed by atoms with Gasteiger partial charge in [-0.05, 0) is 51.2 Å². The van der Waals surface area contributed by atoms with Gasteiger partial charge in [0.05, 0.1) is 19.6 Å². The van der Waals surface area contributed by atoms with Crippen LogP contribution in [0.5, 0.6) is 0 Å². The van der Waals surface area contributed by atoms with Crippen molar-refractivity contribution in [2.75, 3.05) is 31.6 Å². The predicted octanol–water partition coefficient (Wildman–Crippen LogP) is 2.62. The van der Waals surface area contributed by atoms with Crippen molar-refractivity contribution < 1.29 is 19.1 Å². The number of hydrogen-bond donors (Lipinski definition) is 2. The minimum Gasteiger partial charge on any atom is -0.466 e. The van der Waals surface area contributed by atoms with Crippen molar-refractivity contribution in [1.82, 2.24) is 10.2 Å². The Morgan fingerprint density at radius 3 is 2.59 bits per heavy atom. The first kappa shape index (κ1) is 20.9. The third-order valence-electron chi connectivity index (χ3n) is 4.40. The number of ether oxygens (including phenoxy) is 1. The lowest BCUT2D eigenvalue weighted by Gasteiger charge is -2.21. The smallest absolute Gasteiger partial charge is 0.325 e. The summed E-state index contributed by atoms with van der Waals surface area (Å²) in [5.41, 5.74) is 2.71. The second-order valence-corrected chi connectivity index (χ2v) is 7.05. The van der Waals surface area contributed by atoms with Crippen LogP contribution in [0.2, 0.25) is 0 Å². The van der Waals surface area contributed by atoms with E-state index in [2.05, 4.69) is 10.6 Å². The molecule has 2 rings (SSSR count). The number of esters is 1. The van der Waals surface area contributed by atoms with Crippen molar-refractivity contribution in [2.24, 2.45) is 5.92 Å². The average molecular weight is 375 g/mol. The summed E-state index contributed by atoms with van der Waals surface area (Å²) in [5, 5.41) is 5.06. The molecule has 2 N–H and O–H groups in total. The molecular formula is C20H29N3O4. The van der Waals surface area contributed by atoms with Gasteiger partial charge in [-0.15, -0.1) is 0 Å². The van der Waals surface area contributed by atoms with Gasteiger partial charge in [0, 0.05) is 18.8 Å². The number of carbonyl (C=O) groups excluding carboxylic acids is 3. The maximum Gasteiger partial charge on any atom is 0.325 e. The zero-order valence-corrected chi connectivity index (χ0v) is 16.3. The molecule has 0 aliphatic heterocycles. The topological polar surface area (TPSA) is 87.7 Å². The van der Waals surface area contributed by atoms with Gasteiger partial charge in [0.25, 0.3) is 0 Å². The number of nitrogens with one attached hydrogen (secondary N) is 2. The molecule has 0 saturated heterocycles. The van der Waals surface area contributed by atoms with Gasteiger partial charge in [0.15, 0.2) is 0 Å². The summed E-state index contributed by atoms with van der Waals surface area (Å²) >= 11 is 0. The number of urea groups is 1. The summed E-state index contributed by atoms with van der Waals surface area (Å²) in [7, 11) is 0. The lowest BCUT2D eigenvalue weighted by atomic mass is 10.1. The molecule has 1 aromatic rings. The fourth-order valence-electron chi connectivity index (χ4n) is 2.86. The van der Waals surface area contributed by atoms with Gasteiger partial charge in [-0.25, -0.2) is 4.79 Å². The standard InChI is InChI=1S/C20H29N3O4/c1-4-27-19(25)9-10-23(12-16-6-7-16)13-18(24)22-20(26)21-17-8-5-14(2)11-15(17)3/h5,8,11,16H,4,6-7,9-10,12-13H2,1-3H3,(H2,21,22,24,26). The molecular weight excluding hydrogens is 346 g/mol. The van der Waals surface area contributed by atoms with E-state index in [0.717, 1.165) is 30.5 Å². The fourth-order valence-corrected chi connectivity index (χ4v) is 2.86. The molecule has 1 aliphatic carbocycles. The van der Waals surface area contributed by atoms with E-state index < -0.39 is 6.03 Å². The summed E-state index contributed by atoms with van der Waals surface area (Å²) in [4.78, 5) is 37.8. The number of anilines is 1. The molecule has 1 fully saturated rings. The highest BCUT2D eigenvalue weighted by molar-refractivity contribution is 6.02. The van der Waals surface area contributed by atoms with Crippen LogP contribution in [-0.4, -0.2) is 49.0 Å². The van der Waals surface area contributed by atoms with E-state index in [1.165, 1.54) is 0 Å². The third-order valence-corrected chi connectivity index (χ3v) is 4.40. The van der Waals surface area contributed by atoms with E-state index >= 15 is 0 Å². The second kappa shape index (κ2) is 10.1. The fraction of sp³-hybridized carbons (Fsp3) is 0.550. The van der Waals surface area contributed by atoms with E-state index in [-0.39, 0.29) is 24.8 Å². The van der Waals surface area contributed by atoms with Gasteiger partial charge in [-0.2, -0.15) is 0 Å². The lowest BCUT2D eigenvalue weighted by molar-refractivity contribution is -0.143. The molecule has 1 aromatic carbocycles. The molecule has 1 saturated carbocycles. The van der Waals surface area contributed by atoms with Crippen LogP contribution in [0.3, 0.4) is 0 Å². The number of carbonyl (C=O) groups is 3. The first-order valence-corrected chi connectivity index (χ1v) is 9.43. The van der Waals surface area contributed by atoms with Gasteiger partial charge in [-0.1, -0.05) is 17.7 Å². The quantitative estimate of drug-likeness (QED) is 0.648. The van der Waals surface area contributed by atoms with E-state index in [9.17, 15) is 14.4 Å². The Kier molecular flexibility index (Phi) is 7.79. The number of benzene rings is 1. The molecule has 0 aromatic heterocycles. The molecule has 148 valence electrons. The van der Waals surface area contributed by atoms with Crippen LogP contribution in [0.1, 0.15) is 37.3 Å². The van der Waals surface area contributed by atoms with Crippen LogP contribution in [0, 0.1) is 19.8 Å². The Hall–Kier alpha value is -2.41. The zero-order chi connectivity index (χ0) is 19.8. The van der Waals surface area contributed by atoms with E-state index in [1.807, 2.05) is 36.9 Å². The Bertz CT molecular complexity index is 686. The molecule has 0 radical (unpaired) electrons. The van der Waals surface area contributed by atoms with E-state index in [4.69, 9.17) is 4.74 Å². The molecule has 7 heteroatoms. The second-order valence-electron chi connectivity index (χ2n) is 7.05. The minimum atomic E-state index is -0.552. The number of amides is 3. The van der Waals surface area contributed by atoms with Crippen molar-refractivity contribution in [3.63, 3.8) is 0 Å². The summed E-state index contributed by atoms with van der Waals surface area (Å²) in [5.74, 6) is -0.0860. The SMILES string of the molecule is CCOC(=O)CCN(CC(=O)NC(=O)Nc1ccc(C)cc1C)CC1CC1. The van der Waals surface area contributed by atoms with E-state index in [1.54, 1.807) is 6.92 Å². The Balaban J connectivity index is 1.82. The first-order valence-electron chi connectivity index (χ1n) is 9.43. The largest absolute Gasteiger partial charge is 0.466 e. The number of imide groups is 1. The normalized spacial score (nSPS) is 13.3. The first-order chi connectivity index (χ1) is 12.9. The molecule has 3 amide bonds. The van der Waals surface area contributed by atoms with Crippen molar-refractivity contribution in [1.29, 1.82) is 0 Å². The monoisotopic (exact) mass is 375 g/mol. The van der Waals surface area contributed by atoms with Gasteiger partial charge in [0.1, 0.15) is 0 Å². The number of rotatable bonds is 9. The third kappa shape index (κ3) is 7.78. The van der Waals surface area contributed by atoms with Crippen molar-refractivity contribution in [3.05, 3.63) is 29.3 Å². The minimum absolute atomic E-state index is 0.0796. The van der Waals surface area contributed by atoms with Crippen LogP contribution in [0.25, 0.3) is 0 Å². The number of aryl methyl sites for hydroxylation is 2. The van der Waals surface area contributed by atoms with E-state index in [0.29, 0.717) is 24.8 Å². The maximum absolute atomic E-state index is 12.2. The van der Waals surface area contributed by atoms with Crippen molar-refractivity contribution in [2.45, 2.75) is 40.0 Å². The molecule has 0 heterocycles. The van der Waals surface area contributed by atoms with Crippen molar-refractivity contribution in [3.8, 4) is 0 Å². The molecule has 27 heavy (non-hydrogen) atoms. The van der Waals surface area contributed by atoms with Gasteiger partial charge < -0.3 is 10.1 Å². The molecule has 7 nitrogen and oxygen atoms in total. The maximum atomic E-state index is 12.2. The van der Waals surface area contributed by atoms with Crippen LogP contribution in [-0.2, 0) is 14.3 Å². The highest BCUT2D eigenvalue weighted by atomic mass is 16.5. The van der Waals surface area contributed by atoms with Crippen LogP contribution < -0.4 is 10.6 Å². The molecule has 0 bridgehead atoms. The average Bonchev–Trinajstić information content (AvgIpc) is 3.39. The summed E-state index contributed by atoms with van der Waals surface area (Å²) < 4.78 is 4.94. The lowest BCUT2D eigenvalue weighted by Crippen LogP contribution is -2.43. The predicted molar refractivity (Wildman–Crippen MR) is 103 cm³/mol. The van der Waals surface area contributed by atoms with Gasteiger partial charge in [-0.3, -0.25) is 19.8 Å². The Morgan fingerprint density at radius 1 is 1.22 bits per heavy atom. The molecule has 0 spiro atoms. The highest BCUT2D eigenvalue weighted by Gasteiger charge is 2.26. The summed E-state index contributed by atoms with van der Waals surface area (Å²) in [6, 6.07) is 5.12. The number of hydrogen-bond acceptors (Lipinski definition) is 5. The van der Waals surface area contributed by atoms with Crippen molar-refractivity contribution >= 4 is 23.6 Å². The van der Waals surface area contributed by atoms with Gasteiger partial charge in [0.2, 0.25) is 5.91 Å². The van der Waals surface area contributed by atoms with Crippen LogP contribution in [0.15, 0.2) is 18.2 Å². The summed E-state index contributed by atoms with van der Waals surface area (Å²) in [6.45, 7) is 7.27. The van der Waals surface area contributed by atoms with Crippen LogP contribution in [0.4, 0.5) is 10.5 Å². The highest BCUT2D eigenvalue weighted by Crippen LogP contribution is 2.29. The zero-order valence-electron chi connectivity index (χ0n) is 16.3. The molecule has 0 atom stereocenters. The van der Waals surface area contributed by atoms with Crippen LogP contribution >= 0.6 is 0 Å². The van der Waals surface area contributed by atoms with Gasteiger partial charge >= 0.3 is 12.0 Å². The molecule has 1 aliphatic rings. The number of nitrogens with zero attached hydrogens (tertiary/aromatic N) is 1. The Labute approximate surface area is 160 Å². The summed E-state index contributed by atoms with van der Waals surface area (Å²) in [6.07, 6.45) is 2.53. The molecule has 0 unspecified atom stereocenters.